The van der Waals surface area contributed by atoms with Gasteiger partial charge in [-0.05, 0) is 57.0 Å². The molecule has 0 radical (unpaired) electrons. The smallest absolute Gasteiger partial charge is 0.306 e. The van der Waals surface area contributed by atoms with Gasteiger partial charge in [0.05, 0.1) is 0 Å². The summed E-state index contributed by atoms with van der Waals surface area (Å²) in [6.07, 6.45) is 8.96. The fraction of sp³-hybridized carbons (Fsp3) is 0.933. The normalized spacial score (nSPS) is 32.4. The quantitative estimate of drug-likeness (QED) is 0.766. The first-order chi connectivity index (χ1) is 8.78. The number of carbonyl (C=O) groups is 1. The zero-order valence-corrected chi connectivity index (χ0v) is 11.6. The molecular formula is C15H27NO2. The van der Waals surface area contributed by atoms with E-state index in [2.05, 4.69) is 12.2 Å². The SMILES string of the molecule is CCC1CCCC(OC(=O)CCC2CCNC2)C1. The van der Waals surface area contributed by atoms with Gasteiger partial charge in [-0.2, -0.15) is 0 Å². The van der Waals surface area contributed by atoms with Crippen LogP contribution in [0.5, 0.6) is 0 Å². The molecule has 2 fully saturated rings. The van der Waals surface area contributed by atoms with Gasteiger partial charge in [-0.15, -0.1) is 0 Å². The van der Waals surface area contributed by atoms with Crippen LogP contribution in [0.25, 0.3) is 0 Å². The Hall–Kier alpha value is -0.570. The molecule has 3 unspecified atom stereocenters. The van der Waals surface area contributed by atoms with Crippen LogP contribution in [0.1, 0.15) is 58.3 Å². The predicted molar refractivity (Wildman–Crippen MR) is 72.3 cm³/mol. The highest BCUT2D eigenvalue weighted by Crippen LogP contribution is 2.28. The van der Waals surface area contributed by atoms with E-state index in [4.69, 9.17) is 4.74 Å². The van der Waals surface area contributed by atoms with Crippen molar-refractivity contribution in [3.05, 3.63) is 0 Å². The lowest BCUT2D eigenvalue weighted by Gasteiger charge is -2.28. The van der Waals surface area contributed by atoms with Crippen LogP contribution in [0.15, 0.2) is 0 Å². The second kappa shape index (κ2) is 7.13. The molecule has 104 valence electrons. The Kier molecular flexibility index (Phi) is 5.48. The second-order valence-electron chi connectivity index (χ2n) is 5.95. The lowest BCUT2D eigenvalue weighted by molar-refractivity contribution is -0.151. The Labute approximate surface area is 111 Å². The summed E-state index contributed by atoms with van der Waals surface area (Å²) in [5, 5.41) is 3.34. The minimum Gasteiger partial charge on any atom is -0.462 e. The molecule has 1 heterocycles. The van der Waals surface area contributed by atoms with Gasteiger partial charge in [0.2, 0.25) is 0 Å². The molecule has 1 aliphatic carbocycles. The summed E-state index contributed by atoms with van der Waals surface area (Å²) >= 11 is 0. The summed E-state index contributed by atoms with van der Waals surface area (Å²) in [5.74, 6) is 1.49. The summed E-state index contributed by atoms with van der Waals surface area (Å²) in [7, 11) is 0. The first-order valence-electron chi connectivity index (χ1n) is 7.68. The lowest BCUT2D eigenvalue weighted by atomic mass is 9.85. The van der Waals surface area contributed by atoms with E-state index in [0.29, 0.717) is 12.3 Å². The summed E-state index contributed by atoms with van der Waals surface area (Å²) in [6.45, 7) is 4.43. The molecule has 1 N–H and O–H groups in total. The molecule has 2 rings (SSSR count). The van der Waals surface area contributed by atoms with Crippen LogP contribution in [-0.2, 0) is 9.53 Å². The fourth-order valence-electron chi connectivity index (χ4n) is 3.25. The minimum atomic E-state index is 0.0312. The molecule has 0 amide bonds. The molecule has 0 aromatic heterocycles. The van der Waals surface area contributed by atoms with Gasteiger partial charge >= 0.3 is 5.97 Å². The van der Waals surface area contributed by atoms with Crippen LogP contribution in [0.2, 0.25) is 0 Å². The fourth-order valence-corrected chi connectivity index (χ4v) is 3.25. The Morgan fingerprint density at radius 2 is 2.17 bits per heavy atom. The second-order valence-corrected chi connectivity index (χ2v) is 5.95. The van der Waals surface area contributed by atoms with Crippen LogP contribution < -0.4 is 5.32 Å². The van der Waals surface area contributed by atoms with Crippen molar-refractivity contribution in [2.24, 2.45) is 11.8 Å². The van der Waals surface area contributed by atoms with Gasteiger partial charge in [0.25, 0.3) is 0 Å². The zero-order chi connectivity index (χ0) is 12.8. The minimum absolute atomic E-state index is 0.0312. The third kappa shape index (κ3) is 4.27. The highest BCUT2D eigenvalue weighted by atomic mass is 16.5. The van der Waals surface area contributed by atoms with E-state index in [0.717, 1.165) is 38.3 Å². The van der Waals surface area contributed by atoms with Crippen LogP contribution in [0, 0.1) is 11.8 Å². The molecule has 2 aliphatic rings. The molecule has 1 saturated carbocycles. The Morgan fingerprint density at radius 1 is 1.28 bits per heavy atom. The van der Waals surface area contributed by atoms with E-state index in [9.17, 15) is 4.79 Å². The van der Waals surface area contributed by atoms with E-state index < -0.39 is 0 Å². The largest absolute Gasteiger partial charge is 0.462 e. The van der Waals surface area contributed by atoms with Crippen molar-refractivity contribution in [1.82, 2.24) is 5.32 Å². The molecule has 3 atom stereocenters. The molecule has 0 aromatic rings. The van der Waals surface area contributed by atoms with Crippen molar-refractivity contribution in [3.63, 3.8) is 0 Å². The van der Waals surface area contributed by atoms with Crippen LogP contribution in [0.3, 0.4) is 0 Å². The van der Waals surface area contributed by atoms with Crippen molar-refractivity contribution < 1.29 is 9.53 Å². The summed E-state index contributed by atoms with van der Waals surface area (Å²) in [6, 6.07) is 0. The van der Waals surface area contributed by atoms with E-state index in [1.807, 2.05) is 0 Å². The molecule has 0 spiro atoms. The van der Waals surface area contributed by atoms with E-state index in [1.165, 1.54) is 25.7 Å². The number of esters is 1. The van der Waals surface area contributed by atoms with Gasteiger partial charge in [-0.1, -0.05) is 19.8 Å². The van der Waals surface area contributed by atoms with Gasteiger partial charge in [-0.3, -0.25) is 4.79 Å². The average Bonchev–Trinajstić information content (AvgIpc) is 2.90. The third-order valence-corrected chi connectivity index (χ3v) is 4.53. The molecule has 18 heavy (non-hydrogen) atoms. The van der Waals surface area contributed by atoms with Crippen LogP contribution in [-0.4, -0.2) is 25.2 Å². The number of hydrogen-bond acceptors (Lipinski definition) is 3. The number of rotatable bonds is 5. The molecule has 0 bridgehead atoms. The number of carbonyl (C=O) groups excluding carboxylic acids is 1. The summed E-state index contributed by atoms with van der Waals surface area (Å²) in [5.41, 5.74) is 0. The van der Waals surface area contributed by atoms with Crippen molar-refractivity contribution in [2.45, 2.75) is 64.4 Å². The van der Waals surface area contributed by atoms with Gasteiger partial charge in [0.15, 0.2) is 0 Å². The summed E-state index contributed by atoms with van der Waals surface area (Å²) < 4.78 is 5.62. The lowest BCUT2D eigenvalue weighted by Crippen LogP contribution is -2.25. The number of hydrogen-bond donors (Lipinski definition) is 1. The molecule has 3 nitrogen and oxygen atoms in total. The molecule has 3 heteroatoms. The summed E-state index contributed by atoms with van der Waals surface area (Å²) in [4.78, 5) is 11.8. The van der Waals surface area contributed by atoms with Crippen LogP contribution >= 0.6 is 0 Å². The zero-order valence-electron chi connectivity index (χ0n) is 11.6. The van der Waals surface area contributed by atoms with Gasteiger partial charge < -0.3 is 10.1 Å². The first-order valence-corrected chi connectivity index (χ1v) is 7.68. The number of ether oxygens (including phenoxy) is 1. The van der Waals surface area contributed by atoms with Gasteiger partial charge in [0.1, 0.15) is 6.10 Å². The standard InChI is InChI=1S/C15H27NO2/c1-2-12-4-3-5-14(10-12)18-15(17)7-6-13-8-9-16-11-13/h12-14,16H,2-11H2,1H3. The molecule has 1 saturated heterocycles. The average molecular weight is 253 g/mol. The molecule has 0 aromatic carbocycles. The van der Waals surface area contributed by atoms with Crippen molar-refractivity contribution in [3.8, 4) is 0 Å². The Balaban J connectivity index is 1.63. The monoisotopic (exact) mass is 253 g/mol. The van der Waals surface area contributed by atoms with E-state index >= 15 is 0 Å². The topological polar surface area (TPSA) is 38.3 Å². The van der Waals surface area contributed by atoms with Crippen molar-refractivity contribution in [2.75, 3.05) is 13.1 Å². The molecular weight excluding hydrogens is 226 g/mol. The third-order valence-electron chi connectivity index (χ3n) is 4.53. The van der Waals surface area contributed by atoms with Gasteiger partial charge in [0, 0.05) is 6.42 Å². The van der Waals surface area contributed by atoms with E-state index in [1.54, 1.807) is 0 Å². The van der Waals surface area contributed by atoms with Gasteiger partial charge in [-0.25, -0.2) is 0 Å². The maximum Gasteiger partial charge on any atom is 0.306 e. The van der Waals surface area contributed by atoms with Crippen molar-refractivity contribution >= 4 is 5.97 Å². The highest BCUT2D eigenvalue weighted by Gasteiger charge is 2.24. The van der Waals surface area contributed by atoms with E-state index in [-0.39, 0.29) is 12.1 Å². The van der Waals surface area contributed by atoms with Crippen LogP contribution in [0.4, 0.5) is 0 Å². The first kappa shape index (κ1) is 13.9. The predicted octanol–water partition coefficient (Wildman–Crippen LogP) is 2.89. The Morgan fingerprint density at radius 3 is 2.89 bits per heavy atom. The van der Waals surface area contributed by atoms with Crippen molar-refractivity contribution in [1.29, 1.82) is 0 Å². The highest BCUT2D eigenvalue weighted by molar-refractivity contribution is 5.69. The maximum atomic E-state index is 11.8. The molecule has 1 aliphatic heterocycles. The Bertz CT molecular complexity index is 261. The maximum absolute atomic E-state index is 11.8. The number of nitrogens with one attached hydrogen (secondary N) is 1.